The van der Waals surface area contributed by atoms with Crippen LogP contribution < -0.4 is 10.3 Å². The van der Waals surface area contributed by atoms with Gasteiger partial charge in [-0.15, -0.1) is 0 Å². The third kappa shape index (κ3) is 3.60. The molecule has 26 heavy (non-hydrogen) atoms. The third-order valence-electron chi connectivity index (χ3n) is 3.74. The Bertz CT molecular complexity index is 1070. The van der Waals surface area contributed by atoms with Crippen molar-refractivity contribution in [3.05, 3.63) is 69.8 Å². The highest BCUT2D eigenvalue weighted by atomic mass is 35.5. The highest BCUT2D eigenvalue weighted by molar-refractivity contribution is 6.50. The minimum Gasteiger partial charge on any atom is -0.497 e. The molecule has 0 aliphatic heterocycles. The second kappa shape index (κ2) is 7.41. The number of carbonyl (C=O) groups excluding carboxylic acids is 1. The number of ether oxygens (including phenoxy) is 2. The van der Waals surface area contributed by atoms with Crippen LogP contribution in [0.5, 0.6) is 5.75 Å². The lowest BCUT2D eigenvalue weighted by atomic mass is 10.1. The van der Waals surface area contributed by atoms with Gasteiger partial charge in [-0.05, 0) is 42.0 Å². The molecule has 3 aromatic rings. The lowest BCUT2D eigenvalue weighted by Crippen LogP contribution is -2.11. The summed E-state index contributed by atoms with van der Waals surface area (Å²) >= 11 is 6.33. The van der Waals surface area contributed by atoms with Gasteiger partial charge in [0, 0.05) is 0 Å². The average molecular weight is 371 g/mol. The molecule has 3 rings (SSSR count). The molecule has 0 aliphatic rings. The number of carbonyl (C=O) groups is 1. The number of halogens is 1. The summed E-state index contributed by atoms with van der Waals surface area (Å²) in [5.41, 5.74) is 1.10. The van der Waals surface area contributed by atoms with Gasteiger partial charge in [0.25, 0.3) is 5.56 Å². The smallest absolute Gasteiger partial charge is 0.337 e. The zero-order valence-corrected chi connectivity index (χ0v) is 14.8. The van der Waals surface area contributed by atoms with Crippen molar-refractivity contribution in [1.29, 1.82) is 0 Å². The Hall–Kier alpha value is -3.12. The number of nitrogens with one attached hydrogen (secondary N) is 1. The van der Waals surface area contributed by atoms with E-state index in [-0.39, 0.29) is 16.4 Å². The molecule has 7 heteroatoms. The van der Waals surface area contributed by atoms with Crippen LogP contribution in [0, 0.1) is 0 Å². The van der Waals surface area contributed by atoms with Crippen LogP contribution in [0.25, 0.3) is 22.0 Å². The molecule has 1 N–H and O–H groups in total. The Morgan fingerprint density at radius 2 is 2.00 bits per heavy atom. The van der Waals surface area contributed by atoms with E-state index in [0.717, 1.165) is 5.56 Å². The minimum atomic E-state index is -0.506. The molecule has 132 valence electrons. The Balaban J connectivity index is 2.07. The number of esters is 1. The van der Waals surface area contributed by atoms with Crippen LogP contribution in [0.15, 0.2) is 47.3 Å². The van der Waals surface area contributed by atoms with Crippen molar-refractivity contribution in [3.63, 3.8) is 0 Å². The number of H-pyrrole nitrogens is 1. The van der Waals surface area contributed by atoms with E-state index in [1.165, 1.54) is 25.3 Å². The molecule has 0 spiro atoms. The number of rotatable bonds is 4. The molecule has 6 nitrogen and oxygen atoms in total. The quantitative estimate of drug-likeness (QED) is 0.711. The molecular weight excluding hydrogens is 356 g/mol. The fourth-order valence-electron chi connectivity index (χ4n) is 2.44. The van der Waals surface area contributed by atoms with Crippen molar-refractivity contribution < 1.29 is 14.3 Å². The summed E-state index contributed by atoms with van der Waals surface area (Å²) in [5, 5.41) is 0.605. The molecule has 0 amide bonds. The highest BCUT2D eigenvalue weighted by Crippen LogP contribution is 2.22. The van der Waals surface area contributed by atoms with E-state index in [1.54, 1.807) is 19.3 Å². The average Bonchev–Trinajstić information content (AvgIpc) is 2.66. The van der Waals surface area contributed by atoms with Gasteiger partial charge in [0.1, 0.15) is 5.75 Å². The lowest BCUT2D eigenvalue weighted by molar-refractivity contribution is 0.0601. The first kappa shape index (κ1) is 17.7. The van der Waals surface area contributed by atoms with Gasteiger partial charge in [0.05, 0.1) is 35.7 Å². The second-order valence-corrected chi connectivity index (χ2v) is 5.81. The fraction of sp³-hybridized carbons (Fsp3) is 0.105. The van der Waals surface area contributed by atoms with E-state index in [4.69, 9.17) is 21.1 Å². The van der Waals surface area contributed by atoms with Crippen molar-refractivity contribution in [2.24, 2.45) is 0 Å². The van der Waals surface area contributed by atoms with Crippen molar-refractivity contribution in [2.45, 2.75) is 0 Å². The van der Waals surface area contributed by atoms with Crippen molar-refractivity contribution in [2.75, 3.05) is 14.2 Å². The third-order valence-corrected chi connectivity index (χ3v) is 4.03. The van der Waals surface area contributed by atoms with Gasteiger partial charge in [-0.25, -0.2) is 9.78 Å². The minimum absolute atomic E-state index is 0.203. The lowest BCUT2D eigenvalue weighted by Gasteiger charge is -2.05. The first-order chi connectivity index (χ1) is 12.5. The first-order valence-corrected chi connectivity index (χ1v) is 8.03. The fourth-order valence-corrected chi connectivity index (χ4v) is 2.66. The molecular formula is C19H15ClN2O4. The molecule has 0 saturated carbocycles. The maximum atomic E-state index is 12.3. The standard InChI is InChI=1S/C19H15ClN2O4/c1-25-13-5-3-4-11(8-13)9-15(20)17-21-16-10-12(19(24)26-2)6-7-14(16)18(23)22-17/h3-10H,1-2H3,(H,21,22,23). The van der Waals surface area contributed by atoms with Crippen LogP contribution in [0.1, 0.15) is 21.7 Å². The summed E-state index contributed by atoms with van der Waals surface area (Å²) in [6.45, 7) is 0. The van der Waals surface area contributed by atoms with Gasteiger partial charge in [-0.2, -0.15) is 0 Å². The van der Waals surface area contributed by atoms with Gasteiger partial charge in [-0.1, -0.05) is 23.7 Å². The highest BCUT2D eigenvalue weighted by Gasteiger charge is 2.11. The number of nitrogens with zero attached hydrogens (tertiary/aromatic N) is 1. The molecule has 2 aromatic carbocycles. The summed E-state index contributed by atoms with van der Waals surface area (Å²) in [6.07, 6.45) is 1.67. The predicted octanol–water partition coefficient (Wildman–Crippen LogP) is 3.46. The Morgan fingerprint density at radius 3 is 2.73 bits per heavy atom. The second-order valence-electron chi connectivity index (χ2n) is 5.41. The molecule has 1 aromatic heterocycles. The Morgan fingerprint density at radius 1 is 1.19 bits per heavy atom. The molecule has 0 fully saturated rings. The SMILES string of the molecule is COC(=O)c1ccc2c(=O)[nH]c(C(Cl)=Cc3cccc(OC)c3)nc2c1. The van der Waals surface area contributed by atoms with Crippen LogP contribution in [-0.2, 0) is 4.74 Å². The van der Waals surface area contributed by atoms with Crippen molar-refractivity contribution in [1.82, 2.24) is 9.97 Å². The number of aromatic nitrogens is 2. The van der Waals surface area contributed by atoms with E-state index < -0.39 is 5.97 Å². The van der Waals surface area contributed by atoms with Crippen molar-refractivity contribution in [3.8, 4) is 5.75 Å². The van der Waals surface area contributed by atoms with Crippen LogP contribution in [0.4, 0.5) is 0 Å². The van der Waals surface area contributed by atoms with Gasteiger partial charge >= 0.3 is 5.97 Å². The molecule has 0 aliphatic carbocycles. The van der Waals surface area contributed by atoms with Crippen molar-refractivity contribution >= 4 is 39.6 Å². The Kier molecular flexibility index (Phi) is 5.04. The van der Waals surface area contributed by atoms with E-state index >= 15 is 0 Å². The topological polar surface area (TPSA) is 81.3 Å². The van der Waals surface area contributed by atoms with Gasteiger partial charge in [-0.3, -0.25) is 4.79 Å². The number of hydrogen-bond donors (Lipinski definition) is 1. The molecule has 0 saturated heterocycles. The zero-order valence-electron chi connectivity index (χ0n) is 14.1. The predicted molar refractivity (Wildman–Crippen MR) is 100 cm³/mol. The largest absolute Gasteiger partial charge is 0.497 e. The Labute approximate surface area is 154 Å². The summed E-state index contributed by atoms with van der Waals surface area (Å²) in [5.74, 6) is 0.383. The maximum Gasteiger partial charge on any atom is 0.337 e. The monoisotopic (exact) mass is 370 g/mol. The molecule has 0 radical (unpaired) electrons. The molecule has 1 heterocycles. The molecule has 0 unspecified atom stereocenters. The van der Waals surface area contributed by atoms with E-state index in [1.807, 2.05) is 18.2 Å². The number of aromatic amines is 1. The zero-order chi connectivity index (χ0) is 18.7. The van der Waals surface area contributed by atoms with E-state index in [9.17, 15) is 9.59 Å². The number of methoxy groups -OCH3 is 2. The molecule has 0 atom stereocenters. The summed E-state index contributed by atoms with van der Waals surface area (Å²) in [4.78, 5) is 31.0. The van der Waals surface area contributed by atoms with Gasteiger partial charge in [0.15, 0.2) is 5.82 Å². The summed E-state index contributed by atoms with van der Waals surface area (Å²) in [7, 11) is 2.86. The van der Waals surface area contributed by atoms with Gasteiger partial charge in [0.2, 0.25) is 0 Å². The summed E-state index contributed by atoms with van der Waals surface area (Å²) in [6, 6.07) is 11.8. The first-order valence-electron chi connectivity index (χ1n) is 7.66. The van der Waals surface area contributed by atoms with Gasteiger partial charge < -0.3 is 14.5 Å². The number of benzene rings is 2. The number of hydrogen-bond acceptors (Lipinski definition) is 5. The normalized spacial score (nSPS) is 11.4. The van der Waals surface area contributed by atoms with Crippen LogP contribution in [0.2, 0.25) is 0 Å². The number of fused-ring (bicyclic) bond motifs is 1. The van der Waals surface area contributed by atoms with Crippen LogP contribution >= 0.6 is 11.6 Å². The van der Waals surface area contributed by atoms with E-state index in [2.05, 4.69) is 9.97 Å². The maximum absolute atomic E-state index is 12.3. The summed E-state index contributed by atoms with van der Waals surface area (Å²) < 4.78 is 9.87. The van der Waals surface area contributed by atoms with E-state index in [0.29, 0.717) is 22.2 Å². The van der Waals surface area contributed by atoms with Crippen LogP contribution in [-0.4, -0.2) is 30.2 Å². The van der Waals surface area contributed by atoms with Crippen LogP contribution in [0.3, 0.4) is 0 Å². The molecule has 0 bridgehead atoms.